The van der Waals surface area contributed by atoms with Gasteiger partial charge in [-0.1, -0.05) is 0 Å². The first-order valence-corrected chi connectivity index (χ1v) is 7.52. The summed E-state index contributed by atoms with van der Waals surface area (Å²) in [6, 6.07) is 2.19. The van der Waals surface area contributed by atoms with Crippen LogP contribution in [0.1, 0.15) is 38.3 Å². The predicted molar refractivity (Wildman–Crippen MR) is 83.2 cm³/mol. The van der Waals surface area contributed by atoms with E-state index in [4.69, 9.17) is 4.74 Å². The normalized spacial score (nSPS) is 12.9. The average Bonchev–Trinajstić information content (AvgIpc) is 2.44. The number of alkyl halides is 3. The van der Waals surface area contributed by atoms with Crippen molar-refractivity contribution in [3.8, 4) is 0 Å². The van der Waals surface area contributed by atoms with Gasteiger partial charge in [0.2, 0.25) is 0 Å². The number of nitrogens with one attached hydrogen (secondary N) is 1. The summed E-state index contributed by atoms with van der Waals surface area (Å²) in [7, 11) is 0. The zero-order valence-corrected chi connectivity index (χ0v) is 14.1. The molecule has 0 spiro atoms. The number of alkyl carbamates (subject to hydrolysis) is 1. The summed E-state index contributed by atoms with van der Waals surface area (Å²) in [5.41, 5.74) is -1.58. The Morgan fingerprint density at radius 2 is 1.84 bits per heavy atom. The highest BCUT2D eigenvalue weighted by Crippen LogP contribution is 2.30. The first-order valence-electron chi connectivity index (χ1n) is 7.52. The molecule has 0 heterocycles. The lowest BCUT2D eigenvalue weighted by Crippen LogP contribution is -2.33. The van der Waals surface area contributed by atoms with Gasteiger partial charge in [-0.25, -0.2) is 13.6 Å². The number of ether oxygens (including phenoxy) is 1. The van der Waals surface area contributed by atoms with E-state index in [0.29, 0.717) is 6.07 Å². The number of hydrogen-bond acceptors (Lipinski definition) is 2. The molecule has 0 unspecified atom stereocenters. The largest absolute Gasteiger partial charge is 0.444 e. The maximum Gasteiger partial charge on any atom is 0.416 e. The molecule has 3 nitrogen and oxygen atoms in total. The third-order valence-corrected chi connectivity index (χ3v) is 3.03. The Kier molecular flexibility index (Phi) is 6.96. The van der Waals surface area contributed by atoms with Crippen molar-refractivity contribution in [1.29, 1.82) is 0 Å². The van der Waals surface area contributed by atoms with Gasteiger partial charge in [0.05, 0.1) is 11.9 Å². The number of carbonyl (C=O) groups is 1. The second-order valence-electron chi connectivity index (χ2n) is 6.47. The molecular formula is C17H20F5NO2. The molecule has 0 saturated heterocycles. The van der Waals surface area contributed by atoms with E-state index in [9.17, 15) is 26.7 Å². The highest BCUT2D eigenvalue weighted by Gasteiger charge is 2.31. The Balaban J connectivity index is 2.64. The van der Waals surface area contributed by atoms with Gasteiger partial charge < -0.3 is 10.1 Å². The molecule has 1 N–H and O–H groups in total. The minimum Gasteiger partial charge on any atom is -0.444 e. The van der Waals surface area contributed by atoms with E-state index < -0.39 is 29.3 Å². The van der Waals surface area contributed by atoms with Crippen molar-refractivity contribution in [3.63, 3.8) is 0 Å². The van der Waals surface area contributed by atoms with E-state index in [2.05, 4.69) is 5.32 Å². The summed E-state index contributed by atoms with van der Waals surface area (Å²) < 4.78 is 69.2. The molecule has 0 radical (unpaired) electrons. The van der Waals surface area contributed by atoms with Crippen LogP contribution >= 0.6 is 0 Å². The van der Waals surface area contributed by atoms with E-state index in [1.165, 1.54) is 0 Å². The minimum atomic E-state index is -4.66. The maximum absolute atomic E-state index is 13.3. The number of benzene rings is 1. The van der Waals surface area contributed by atoms with E-state index in [-0.39, 0.29) is 36.9 Å². The standard InChI is InChI=1S/C17H20F5NO2/c1-16(2,3)25-15(24)23-10-12(9-18)5-4-11-6-13(17(20,21)22)8-14(19)7-11/h6-9H,4-5,10H2,1-3H3,(H,23,24). The molecule has 0 aliphatic carbocycles. The molecule has 0 atom stereocenters. The van der Waals surface area contributed by atoms with Gasteiger partial charge in [-0.3, -0.25) is 0 Å². The van der Waals surface area contributed by atoms with E-state index in [1.807, 2.05) is 0 Å². The lowest BCUT2D eigenvalue weighted by molar-refractivity contribution is -0.137. The second-order valence-corrected chi connectivity index (χ2v) is 6.47. The van der Waals surface area contributed by atoms with Gasteiger partial charge in [-0.15, -0.1) is 0 Å². The molecule has 25 heavy (non-hydrogen) atoms. The Morgan fingerprint density at radius 1 is 1.20 bits per heavy atom. The molecule has 1 aromatic carbocycles. The molecule has 0 fully saturated rings. The van der Waals surface area contributed by atoms with Gasteiger partial charge in [0.25, 0.3) is 0 Å². The van der Waals surface area contributed by atoms with Crippen LogP contribution in [-0.2, 0) is 17.3 Å². The van der Waals surface area contributed by atoms with Crippen LogP contribution in [0.2, 0.25) is 0 Å². The molecule has 1 rings (SSSR count). The van der Waals surface area contributed by atoms with E-state index in [0.717, 1.165) is 12.1 Å². The fourth-order valence-corrected chi connectivity index (χ4v) is 1.94. The van der Waals surface area contributed by atoms with Crippen LogP contribution in [0.5, 0.6) is 0 Å². The number of halogens is 5. The molecule has 0 bridgehead atoms. The topological polar surface area (TPSA) is 38.3 Å². The molecule has 140 valence electrons. The lowest BCUT2D eigenvalue weighted by atomic mass is 10.0. The van der Waals surface area contributed by atoms with Crippen molar-refractivity contribution in [2.75, 3.05) is 6.54 Å². The quantitative estimate of drug-likeness (QED) is 0.733. The summed E-state index contributed by atoms with van der Waals surface area (Å²) in [6.45, 7) is 4.84. The Hall–Kier alpha value is -2.12. The van der Waals surface area contributed by atoms with Gasteiger partial charge in [0.1, 0.15) is 11.4 Å². The summed E-state index contributed by atoms with van der Waals surface area (Å²) in [5.74, 6) is -1.01. The summed E-state index contributed by atoms with van der Waals surface area (Å²) in [6.07, 6.45) is -5.12. The molecule has 0 aromatic heterocycles. The number of hydrogen-bond donors (Lipinski definition) is 1. The van der Waals surface area contributed by atoms with E-state index >= 15 is 0 Å². The third-order valence-electron chi connectivity index (χ3n) is 3.03. The molecule has 0 aliphatic heterocycles. The fraction of sp³-hybridized carbons (Fsp3) is 0.471. The number of aryl methyl sites for hydroxylation is 1. The zero-order chi connectivity index (χ0) is 19.3. The molecule has 0 aliphatic rings. The van der Waals surface area contributed by atoms with Crippen molar-refractivity contribution in [2.24, 2.45) is 0 Å². The minimum absolute atomic E-state index is 0.00735. The smallest absolute Gasteiger partial charge is 0.416 e. The SMILES string of the molecule is CC(C)(C)OC(=O)NCC(=CF)CCc1cc(F)cc(C(F)(F)F)c1. The highest BCUT2D eigenvalue weighted by molar-refractivity contribution is 5.68. The van der Waals surface area contributed by atoms with Crippen molar-refractivity contribution in [3.05, 3.63) is 47.0 Å². The number of amides is 1. The molecule has 1 amide bonds. The highest BCUT2D eigenvalue weighted by atomic mass is 19.4. The van der Waals surface area contributed by atoms with Gasteiger partial charge in [-0.05, 0) is 62.9 Å². The summed E-state index contributed by atoms with van der Waals surface area (Å²) >= 11 is 0. The Labute approximate surface area is 142 Å². The van der Waals surface area contributed by atoms with Gasteiger partial charge in [0.15, 0.2) is 0 Å². The Morgan fingerprint density at radius 3 is 2.36 bits per heavy atom. The maximum atomic E-state index is 13.3. The van der Waals surface area contributed by atoms with Gasteiger partial charge >= 0.3 is 12.3 Å². The van der Waals surface area contributed by atoms with Crippen LogP contribution in [-0.4, -0.2) is 18.2 Å². The van der Waals surface area contributed by atoms with Gasteiger partial charge in [0, 0.05) is 6.54 Å². The van der Waals surface area contributed by atoms with Crippen LogP contribution in [0.4, 0.5) is 26.7 Å². The first kappa shape index (κ1) is 20.9. The van der Waals surface area contributed by atoms with Crippen LogP contribution < -0.4 is 5.32 Å². The van der Waals surface area contributed by atoms with E-state index in [1.54, 1.807) is 20.8 Å². The van der Waals surface area contributed by atoms with Crippen molar-refractivity contribution < 1.29 is 31.5 Å². The second kappa shape index (κ2) is 8.31. The number of carbonyl (C=O) groups excluding carboxylic acids is 1. The van der Waals surface area contributed by atoms with Crippen molar-refractivity contribution >= 4 is 6.09 Å². The van der Waals surface area contributed by atoms with Gasteiger partial charge in [-0.2, -0.15) is 13.2 Å². The third kappa shape index (κ3) is 8.00. The van der Waals surface area contributed by atoms with Crippen molar-refractivity contribution in [2.45, 2.75) is 45.4 Å². The zero-order valence-electron chi connectivity index (χ0n) is 14.1. The van der Waals surface area contributed by atoms with Crippen LogP contribution in [0, 0.1) is 5.82 Å². The monoisotopic (exact) mass is 365 g/mol. The van der Waals surface area contributed by atoms with Crippen LogP contribution in [0.15, 0.2) is 30.1 Å². The van der Waals surface area contributed by atoms with Crippen LogP contribution in [0.3, 0.4) is 0 Å². The molecule has 0 saturated carbocycles. The summed E-state index contributed by atoms with van der Waals surface area (Å²) in [5, 5.41) is 2.35. The first-order chi connectivity index (χ1) is 11.4. The van der Waals surface area contributed by atoms with Crippen LogP contribution in [0.25, 0.3) is 0 Å². The molecule has 1 aromatic rings. The molecular weight excluding hydrogens is 345 g/mol. The van der Waals surface area contributed by atoms with Crippen molar-refractivity contribution in [1.82, 2.24) is 5.32 Å². The molecule has 8 heteroatoms. The fourth-order valence-electron chi connectivity index (χ4n) is 1.94. The lowest BCUT2D eigenvalue weighted by Gasteiger charge is -2.20. The Bertz CT molecular complexity index is 633. The average molecular weight is 365 g/mol. The summed E-state index contributed by atoms with van der Waals surface area (Å²) in [4.78, 5) is 11.5. The predicted octanol–water partition coefficient (Wildman–Crippen LogP) is 5.16. The number of rotatable bonds is 5.